The largest absolute Gasteiger partial charge is 0.469 e. The van der Waals surface area contributed by atoms with Crippen molar-refractivity contribution in [1.29, 1.82) is 0 Å². The van der Waals surface area contributed by atoms with E-state index in [2.05, 4.69) is 27.5 Å². The molecule has 1 aliphatic heterocycles. The van der Waals surface area contributed by atoms with Crippen LogP contribution >= 0.6 is 12.2 Å². The monoisotopic (exact) mass is 381 g/mol. The number of thiocarbonyl (C=S) groups is 1. The molecule has 1 aliphatic carbocycles. The van der Waals surface area contributed by atoms with Gasteiger partial charge in [0, 0.05) is 12.3 Å². The summed E-state index contributed by atoms with van der Waals surface area (Å²) >= 11 is 5.57. The maximum absolute atomic E-state index is 12.6. The van der Waals surface area contributed by atoms with Crippen LogP contribution in [0.15, 0.2) is 53.9 Å². The number of benzene rings is 1. The minimum atomic E-state index is -0.409. The zero-order valence-electron chi connectivity index (χ0n) is 14.8. The number of carbonyl (C=O) groups is 1. The molecule has 27 heavy (non-hydrogen) atoms. The zero-order chi connectivity index (χ0) is 18.8. The molecule has 0 spiro atoms. The first kappa shape index (κ1) is 17.4. The second-order valence-corrected chi connectivity index (χ2v) is 6.80. The Morgan fingerprint density at radius 1 is 1.41 bits per heavy atom. The summed E-state index contributed by atoms with van der Waals surface area (Å²) < 4.78 is 5.62. The van der Waals surface area contributed by atoms with Crippen molar-refractivity contribution in [3.63, 3.8) is 0 Å². The number of nitrogens with zero attached hydrogens (tertiary/aromatic N) is 3. The van der Waals surface area contributed by atoms with Crippen LogP contribution in [-0.4, -0.2) is 37.7 Å². The highest BCUT2D eigenvalue weighted by Gasteiger charge is 2.33. The fraction of sp³-hybridized carbons (Fsp3) is 0.263. The molecule has 0 saturated heterocycles. The van der Waals surface area contributed by atoms with Gasteiger partial charge in [-0.15, -0.1) is 5.10 Å². The molecule has 0 bridgehead atoms. The van der Waals surface area contributed by atoms with Crippen molar-refractivity contribution >= 4 is 23.0 Å². The first-order valence-corrected chi connectivity index (χ1v) is 9.19. The molecule has 1 atom stereocenters. The predicted octanol–water partition coefficient (Wildman–Crippen LogP) is 2.51. The first-order chi connectivity index (χ1) is 13.2. The average molecular weight is 381 g/mol. The van der Waals surface area contributed by atoms with Crippen LogP contribution in [0.5, 0.6) is 0 Å². The normalized spacial score (nSPS) is 18.5. The lowest BCUT2D eigenvalue weighted by Gasteiger charge is -2.24. The molecular formula is C19H19N5O2S. The van der Waals surface area contributed by atoms with E-state index in [1.807, 2.05) is 42.5 Å². The number of allylic oxidation sites excluding steroid dienone is 3. The van der Waals surface area contributed by atoms with Crippen LogP contribution in [-0.2, 0) is 11.2 Å². The Hall–Kier alpha value is -3.00. The van der Waals surface area contributed by atoms with Crippen LogP contribution in [0.25, 0.3) is 0 Å². The highest BCUT2D eigenvalue weighted by Crippen LogP contribution is 2.30. The summed E-state index contributed by atoms with van der Waals surface area (Å²) in [7, 11) is 0. The minimum Gasteiger partial charge on any atom is -0.469 e. The summed E-state index contributed by atoms with van der Waals surface area (Å²) in [6.45, 7) is 2.28. The SMILES string of the molecule is CC[C@H]1C=CC2=C(C1=S)N(NC(=O)c1n[nH]c(Cc3ccccc3)n1)CO2. The number of nitrogens with one attached hydrogen (secondary N) is 2. The van der Waals surface area contributed by atoms with E-state index in [9.17, 15) is 4.79 Å². The molecule has 2 N–H and O–H groups in total. The Bertz CT molecular complexity index is 935. The molecule has 0 radical (unpaired) electrons. The van der Waals surface area contributed by atoms with Gasteiger partial charge >= 0.3 is 5.91 Å². The fourth-order valence-corrected chi connectivity index (χ4v) is 3.55. The average Bonchev–Trinajstić information content (AvgIpc) is 3.31. The van der Waals surface area contributed by atoms with Gasteiger partial charge in [-0.25, -0.2) is 9.99 Å². The van der Waals surface area contributed by atoms with Crippen molar-refractivity contribution in [1.82, 2.24) is 25.6 Å². The van der Waals surface area contributed by atoms with Crippen LogP contribution in [0.4, 0.5) is 0 Å². The number of H-pyrrole nitrogens is 1. The van der Waals surface area contributed by atoms with Crippen LogP contribution in [0.2, 0.25) is 0 Å². The number of hydrogen-bond acceptors (Lipinski definition) is 6. The summed E-state index contributed by atoms with van der Waals surface area (Å²) in [5.41, 5.74) is 4.63. The maximum atomic E-state index is 12.6. The lowest BCUT2D eigenvalue weighted by molar-refractivity contribution is 0.0719. The molecule has 1 amide bonds. The number of hydrazine groups is 1. The maximum Gasteiger partial charge on any atom is 0.309 e. The van der Waals surface area contributed by atoms with Gasteiger partial charge in [-0.2, -0.15) is 0 Å². The van der Waals surface area contributed by atoms with E-state index >= 15 is 0 Å². The van der Waals surface area contributed by atoms with Gasteiger partial charge < -0.3 is 4.74 Å². The Labute approximate surface area is 162 Å². The molecule has 7 nitrogen and oxygen atoms in total. The van der Waals surface area contributed by atoms with Crippen molar-refractivity contribution < 1.29 is 9.53 Å². The molecule has 8 heteroatoms. The number of amides is 1. The molecule has 0 unspecified atom stereocenters. The smallest absolute Gasteiger partial charge is 0.309 e. The summed E-state index contributed by atoms with van der Waals surface area (Å²) in [5, 5.41) is 8.48. The summed E-state index contributed by atoms with van der Waals surface area (Å²) in [5.74, 6) is 1.16. The van der Waals surface area contributed by atoms with Crippen molar-refractivity contribution in [2.75, 3.05) is 6.73 Å². The van der Waals surface area contributed by atoms with Crippen LogP contribution < -0.4 is 5.43 Å². The quantitative estimate of drug-likeness (QED) is 0.775. The topological polar surface area (TPSA) is 83.1 Å². The third kappa shape index (κ3) is 3.48. The van der Waals surface area contributed by atoms with Crippen molar-refractivity contribution in [3.8, 4) is 0 Å². The van der Waals surface area contributed by atoms with Crippen LogP contribution in [0.1, 0.15) is 35.4 Å². The van der Waals surface area contributed by atoms with E-state index in [4.69, 9.17) is 17.0 Å². The van der Waals surface area contributed by atoms with Gasteiger partial charge in [-0.05, 0) is 18.1 Å². The molecule has 0 fully saturated rings. The molecule has 2 aliphatic rings. The Kier molecular flexibility index (Phi) is 4.72. The number of ether oxygens (including phenoxy) is 1. The second-order valence-electron chi connectivity index (χ2n) is 6.36. The number of aromatic amines is 1. The molecule has 2 aromatic rings. The second kappa shape index (κ2) is 7.32. The number of rotatable bonds is 5. The van der Waals surface area contributed by atoms with E-state index in [0.29, 0.717) is 18.0 Å². The van der Waals surface area contributed by atoms with E-state index in [-0.39, 0.29) is 18.5 Å². The van der Waals surface area contributed by atoms with Crippen molar-refractivity contribution in [2.45, 2.75) is 19.8 Å². The number of carbonyl (C=O) groups excluding carboxylic acids is 1. The predicted molar refractivity (Wildman–Crippen MR) is 103 cm³/mol. The van der Waals surface area contributed by atoms with Gasteiger partial charge in [-0.3, -0.25) is 15.3 Å². The molecular weight excluding hydrogens is 362 g/mol. The first-order valence-electron chi connectivity index (χ1n) is 8.79. The fourth-order valence-electron chi connectivity index (χ4n) is 3.10. The molecule has 0 saturated carbocycles. The zero-order valence-corrected chi connectivity index (χ0v) is 15.6. The number of hydrogen-bond donors (Lipinski definition) is 2. The third-order valence-electron chi connectivity index (χ3n) is 4.53. The van der Waals surface area contributed by atoms with E-state index < -0.39 is 5.91 Å². The minimum absolute atomic E-state index is 0.0827. The lowest BCUT2D eigenvalue weighted by Crippen LogP contribution is -2.43. The van der Waals surface area contributed by atoms with Crippen LogP contribution in [0.3, 0.4) is 0 Å². The summed E-state index contributed by atoms with van der Waals surface area (Å²) in [6.07, 6.45) is 5.43. The summed E-state index contributed by atoms with van der Waals surface area (Å²) in [4.78, 5) is 17.6. The molecule has 1 aromatic carbocycles. The van der Waals surface area contributed by atoms with Gasteiger partial charge in [0.05, 0.1) is 4.86 Å². The van der Waals surface area contributed by atoms with E-state index in [1.165, 1.54) is 0 Å². The van der Waals surface area contributed by atoms with Crippen LogP contribution in [0, 0.1) is 5.92 Å². The molecule has 4 rings (SSSR count). The van der Waals surface area contributed by atoms with E-state index in [1.54, 1.807) is 5.01 Å². The van der Waals surface area contributed by atoms with Gasteiger partial charge in [0.15, 0.2) is 6.73 Å². The molecule has 1 aromatic heterocycles. The van der Waals surface area contributed by atoms with Crippen molar-refractivity contribution in [3.05, 3.63) is 71.2 Å². The Balaban J connectivity index is 1.45. The Morgan fingerprint density at radius 2 is 2.22 bits per heavy atom. The van der Waals surface area contributed by atoms with Gasteiger partial charge in [0.2, 0.25) is 5.82 Å². The van der Waals surface area contributed by atoms with Gasteiger partial charge in [-0.1, -0.05) is 55.5 Å². The van der Waals surface area contributed by atoms with Gasteiger partial charge in [0.1, 0.15) is 17.3 Å². The Morgan fingerprint density at radius 3 is 3.00 bits per heavy atom. The third-order valence-corrected chi connectivity index (χ3v) is 5.02. The highest BCUT2D eigenvalue weighted by atomic mass is 32.1. The number of aromatic nitrogens is 3. The van der Waals surface area contributed by atoms with Gasteiger partial charge in [0.25, 0.3) is 0 Å². The van der Waals surface area contributed by atoms with E-state index in [0.717, 1.165) is 22.5 Å². The molecule has 2 heterocycles. The van der Waals surface area contributed by atoms with Crippen molar-refractivity contribution in [2.24, 2.45) is 5.92 Å². The lowest BCUT2D eigenvalue weighted by atomic mass is 9.95. The standard InChI is InChI=1S/C19H19N5O2S/c1-2-13-8-9-14-16(17(13)27)24(11-26-14)23-19(25)18-20-15(21-22-18)10-12-6-4-3-5-7-12/h3-9,13H,2,10-11H2,1H3,(H,23,25)(H,20,21,22)/t13-/m0/s1. The summed E-state index contributed by atoms with van der Waals surface area (Å²) in [6, 6.07) is 9.88. The highest BCUT2D eigenvalue weighted by molar-refractivity contribution is 7.80. The molecule has 138 valence electrons.